The van der Waals surface area contributed by atoms with Crippen LogP contribution in [0.25, 0.3) is 0 Å². The second-order valence-corrected chi connectivity index (χ2v) is 8.38. The number of hydrogen-bond donors (Lipinski definition) is 0. The van der Waals surface area contributed by atoms with Crippen LogP contribution in [0.4, 0.5) is 5.69 Å². The van der Waals surface area contributed by atoms with Crippen molar-refractivity contribution in [3.05, 3.63) is 59.7 Å². The predicted octanol–water partition coefficient (Wildman–Crippen LogP) is 4.33. The lowest BCUT2D eigenvalue weighted by molar-refractivity contribution is -0.118. The van der Waals surface area contributed by atoms with Gasteiger partial charge in [0.15, 0.2) is 0 Å². The van der Waals surface area contributed by atoms with Gasteiger partial charge < -0.3 is 0 Å². The highest BCUT2D eigenvalue weighted by Gasteiger charge is 2.31. The zero-order valence-electron chi connectivity index (χ0n) is 15.2. The molecular formula is C20H25NO3S. The molecule has 2 aromatic rings. The van der Waals surface area contributed by atoms with Gasteiger partial charge in [-0.05, 0) is 49.1 Å². The molecule has 5 heteroatoms. The van der Waals surface area contributed by atoms with Crippen molar-refractivity contribution in [2.75, 3.05) is 4.31 Å². The number of nitrogens with zero attached hydrogens (tertiary/aromatic N) is 1. The summed E-state index contributed by atoms with van der Waals surface area (Å²) in [5.41, 5.74) is 2.43. The van der Waals surface area contributed by atoms with E-state index in [4.69, 9.17) is 0 Å². The number of amides is 1. The molecule has 0 aromatic heterocycles. The van der Waals surface area contributed by atoms with E-state index in [1.807, 2.05) is 39.8 Å². The van der Waals surface area contributed by atoms with E-state index in [0.29, 0.717) is 5.69 Å². The third-order valence-corrected chi connectivity index (χ3v) is 5.71. The summed E-state index contributed by atoms with van der Waals surface area (Å²) in [6.45, 7) is 7.71. The Bertz CT molecular complexity index is 822. The number of hydrogen-bond acceptors (Lipinski definition) is 3. The van der Waals surface area contributed by atoms with E-state index in [0.717, 1.165) is 21.9 Å². The van der Waals surface area contributed by atoms with Crippen LogP contribution in [0.5, 0.6) is 0 Å². The Morgan fingerprint density at radius 1 is 1.00 bits per heavy atom. The third kappa shape index (κ3) is 4.48. The van der Waals surface area contributed by atoms with Gasteiger partial charge in [-0.1, -0.05) is 50.6 Å². The average molecular weight is 359 g/mol. The molecule has 0 heterocycles. The van der Waals surface area contributed by atoms with Gasteiger partial charge in [-0.3, -0.25) is 4.79 Å². The van der Waals surface area contributed by atoms with Crippen LogP contribution in [0.2, 0.25) is 0 Å². The van der Waals surface area contributed by atoms with Gasteiger partial charge in [0.2, 0.25) is 5.91 Å². The Labute approximate surface area is 150 Å². The molecule has 0 fully saturated rings. The zero-order chi connectivity index (χ0) is 18.6. The summed E-state index contributed by atoms with van der Waals surface area (Å²) in [6.07, 6.45) is 1.02. The van der Waals surface area contributed by atoms with E-state index in [1.165, 1.54) is 0 Å². The minimum Gasteiger partial charge on any atom is -0.273 e. The van der Waals surface area contributed by atoms with Crippen LogP contribution in [-0.4, -0.2) is 14.3 Å². The maximum absolute atomic E-state index is 13.1. The van der Waals surface area contributed by atoms with Crippen molar-refractivity contribution in [2.45, 2.75) is 45.4 Å². The van der Waals surface area contributed by atoms with Crippen LogP contribution in [0.3, 0.4) is 0 Å². The summed E-state index contributed by atoms with van der Waals surface area (Å²) in [7, 11) is -3.95. The lowest BCUT2D eigenvalue weighted by atomic mass is 10.1. The van der Waals surface area contributed by atoms with Crippen molar-refractivity contribution in [1.82, 2.24) is 0 Å². The van der Waals surface area contributed by atoms with Crippen molar-refractivity contribution in [3.63, 3.8) is 0 Å². The second kappa shape index (κ2) is 7.83. The molecule has 0 aliphatic carbocycles. The molecule has 0 bridgehead atoms. The van der Waals surface area contributed by atoms with Gasteiger partial charge in [-0.15, -0.1) is 0 Å². The van der Waals surface area contributed by atoms with E-state index in [1.54, 1.807) is 36.4 Å². The van der Waals surface area contributed by atoms with E-state index >= 15 is 0 Å². The third-order valence-electron chi connectivity index (χ3n) is 3.95. The molecule has 0 aliphatic heterocycles. The molecule has 0 N–H and O–H groups in total. The van der Waals surface area contributed by atoms with Crippen molar-refractivity contribution in [2.24, 2.45) is 5.92 Å². The summed E-state index contributed by atoms with van der Waals surface area (Å²) >= 11 is 0. The van der Waals surface area contributed by atoms with Crippen LogP contribution >= 0.6 is 0 Å². The molecule has 0 spiro atoms. The fraction of sp³-hybridized carbons (Fsp3) is 0.350. The van der Waals surface area contributed by atoms with Crippen molar-refractivity contribution >= 4 is 21.6 Å². The molecular weight excluding hydrogens is 334 g/mol. The monoisotopic (exact) mass is 359 g/mol. The first kappa shape index (κ1) is 19.2. The number of carbonyl (C=O) groups excluding carboxylic acids is 1. The number of benzene rings is 2. The molecule has 25 heavy (non-hydrogen) atoms. The summed E-state index contributed by atoms with van der Waals surface area (Å²) in [5, 5.41) is 0. The number of rotatable bonds is 6. The van der Waals surface area contributed by atoms with E-state index < -0.39 is 15.9 Å². The van der Waals surface area contributed by atoms with Gasteiger partial charge in [-0.25, -0.2) is 12.7 Å². The molecule has 0 saturated heterocycles. The van der Waals surface area contributed by atoms with Gasteiger partial charge in [0.25, 0.3) is 10.0 Å². The van der Waals surface area contributed by atoms with E-state index in [9.17, 15) is 13.2 Å². The van der Waals surface area contributed by atoms with Gasteiger partial charge in [-0.2, -0.15) is 0 Å². The Morgan fingerprint density at radius 3 is 2.04 bits per heavy atom. The predicted molar refractivity (Wildman–Crippen MR) is 101 cm³/mol. The SMILES string of the molecule is CCc1ccc(N(C(=O)CC(C)C)S(=O)(=O)c2ccc(C)cc2)cc1. The topological polar surface area (TPSA) is 54.5 Å². The molecule has 0 saturated carbocycles. The Morgan fingerprint density at radius 2 is 1.56 bits per heavy atom. The molecule has 0 radical (unpaired) electrons. The summed E-state index contributed by atoms with van der Waals surface area (Å²) in [5.74, 6) is -0.349. The first-order valence-electron chi connectivity index (χ1n) is 8.49. The highest BCUT2D eigenvalue weighted by atomic mass is 32.2. The number of aryl methyl sites for hydroxylation is 2. The fourth-order valence-corrected chi connectivity index (χ4v) is 3.96. The van der Waals surface area contributed by atoms with Crippen LogP contribution in [0.15, 0.2) is 53.4 Å². The summed E-state index contributed by atoms with van der Waals surface area (Å²) in [6, 6.07) is 13.7. The normalized spacial score (nSPS) is 11.6. The molecule has 1 amide bonds. The Hall–Kier alpha value is -2.14. The summed E-state index contributed by atoms with van der Waals surface area (Å²) in [4.78, 5) is 12.9. The molecule has 0 atom stereocenters. The minimum atomic E-state index is -3.95. The highest BCUT2D eigenvalue weighted by Crippen LogP contribution is 2.26. The average Bonchev–Trinajstić information content (AvgIpc) is 2.55. The number of anilines is 1. The maximum atomic E-state index is 13.1. The van der Waals surface area contributed by atoms with Gasteiger partial charge >= 0.3 is 0 Å². The largest absolute Gasteiger partial charge is 0.273 e. The van der Waals surface area contributed by atoms with Crippen LogP contribution < -0.4 is 4.31 Å². The number of sulfonamides is 1. The van der Waals surface area contributed by atoms with Gasteiger partial charge in [0, 0.05) is 6.42 Å². The van der Waals surface area contributed by atoms with Gasteiger partial charge in [0.1, 0.15) is 0 Å². The Balaban J connectivity index is 2.52. The Kier molecular flexibility index (Phi) is 6.01. The molecule has 2 rings (SSSR count). The second-order valence-electron chi connectivity index (χ2n) is 6.59. The van der Waals surface area contributed by atoms with Crippen LogP contribution in [-0.2, 0) is 21.2 Å². The molecule has 0 aliphatic rings. The lowest BCUT2D eigenvalue weighted by Crippen LogP contribution is -2.37. The maximum Gasteiger partial charge on any atom is 0.270 e. The molecule has 0 unspecified atom stereocenters. The molecule has 2 aromatic carbocycles. The van der Waals surface area contributed by atoms with E-state index in [-0.39, 0.29) is 17.2 Å². The van der Waals surface area contributed by atoms with Crippen molar-refractivity contribution in [3.8, 4) is 0 Å². The highest BCUT2D eigenvalue weighted by molar-refractivity contribution is 7.93. The lowest BCUT2D eigenvalue weighted by Gasteiger charge is -2.24. The molecule has 134 valence electrons. The van der Waals surface area contributed by atoms with Crippen molar-refractivity contribution in [1.29, 1.82) is 0 Å². The van der Waals surface area contributed by atoms with E-state index in [2.05, 4.69) is 0 Å². The number of carbonyl (C=O) groups is 1. The quantitative estimate of drug-likeness (QED) is 0.771. The standard InChI is InChI=1S/C20H25NO3S/c1-5-17-8-10-18(11-9-17)21(20(22)14-15(2)3)25(23,24)19-12-6-16(4)7-13-19/h6-13,15H,5,14H2,1-4H3. The first-order chi connectivity index (χ1) is 11.8. The van der Waals surface area contributed by atoms with Crippen molar-refractivity contribution < 1.29 is 13.2 Å². The van der Waals surface area contributed by atoms with Crippen LogP contribution in [0, 0.1) is 12.8 Å². The van der Waals surface area contributed by atoms with Crippen LogP contribution in [0.1, 0.15) is 38.3 Å². The van der Waals surface area contributed by atoms with Gasteiger partial charge in [0.05, 0.1) is 10.6 Å². The zero-order valence-corrected chi connectivity index (χ0v) is 16.0. The minimum absolute atomic E-state index is 0.0677. The first-order valence-corrected chi connectivity index (χ1v) is 9.93. The summed E-state index contributed by atoms with van der Waals surface area (Å²) < 4.78 is 27.2. The smallest absolute Gasteiger partial charge is 0.270 e. The fourth-order valence-electron chi connectivity index (χ4n) is 2.53. The molecule has 4 nitrogen and oxygen atoms in total.